The molecule has 1 unspecified atom stereocenters. The lowest BCUT2D eigenvalue weighted by Crippen LogP contribution is -2.41. The van der Waals surface area contributed by atoms with E-state index in [1.807, 2.05) is 6.07 Å². The maximum absolute atomic E-state index is 12.8. The summed E-state index contributed by atoms with van der Waals surface area (Å²) in [5.74, 6) is -2.09. The van der Waals surface area contributed by atoms with Crippen LogP contribution in [0.3, 0.4) is 0 Å². The minimum atomic E-state index is -0.803. The Morgan fingerprint density at radius 2 is 2.25 bits per heavy atom. The number of nitriles is 1. The molecular weight excluding hydrogens is 382 g/mol. The largest absolute Gasteiger partial charge is 0.466 e. The molecule has 3 heterocycles. The van der Waals surface area contributed by atoms with E-state index in [4.69, 9.17) is 5.73 Å². The van der Waals surface area contributed by atoms with E-state index in [1.54, 1.807) is 18.3 Å². The van der Waals surface area contributed by atoms with Crippen LogP contribution in [0.15, 0.2) is 34.9 Å². The molecule has 1 aliphatic heterocycles. The van der Waals surface area contributed by atoms with Gasteiger partial charge in [-0.15, -0.1) is 11.3 Å². The van der Waals surface area contributed by atoms with Crippen molar-refractivity contribution in [2.45, 2.75) is 5.92 Å². The second kappa shape index (κ2) is 7.50. The Labute approximate surface area is 162 Å². The van der Waals surface area contributed by atoms with Crippen molar-refractivity contribution in [2.24, 2.45) is 5.73 Å². The van der Waals surface area contributed by atoms with Crippen LogP contribution in [0.4, 0.5) is 0 Å². The fourth-order valence-electron chi connectivity index (χ4n) is 2.95. The maximum atomic E-state index is 12.8. The smallest absolute Gasteiger partial charge is 0.332 e. The van der Waals surface area contributed by atoms with E-state index in [0.29, 0.717) is 5.56 Å². The number of fused-ring (bicyclic) bond motifs is 1. The zero-order chi connectivity index (χ0) is 20.4. The summed E-state index contributed by atoms with van der Waals surface area (Å²) < 4.78 is 5.93. The molecule has 3 N–H and O–H groups in total. The first kappa shape index (κ1) is 19.1. The quantitative estimate of drug-likeness (QED) is 0.607. The van der Waals surface area contributed by atoms with Crippen molar-refractivity contribution >= 4 is 40.7 Å². The van der Waals surface area contributed by atoms with E-state index in [2.05, 4.69) is 15.0 Å². The van der Waals surface area contributed by atoms with Gasteiger partial charge in [-0.05, 0) is 11.6 Å². The summed E-state index contributed by atoms with van der Waals surface area (Å²) in [6.07, 6.45) is 4.12. The minimum absolute atomic E-state index is 0.0373. The number of amides is 1. The topological polar surface area (TPSA) is 140 Å². The molecule has 2 aromatic heterocycles. The van der Waals surface area contributed by atoms with Gasteiger partial charge in [-0.3, -0.25) is 19.1 Å². The highest BCUT2D eigenvalue weighted by atomic mass is 32.1. The molecule has 0 bridgehead atoms. The maximum Gasteiger partial charge on any atom is 0.332 e. The standard InChI is InChI=1S/C18H15N5O4S/c1-21-16(25)14-13(9-4-3-5-22-8-9)10(7-19)15(20)23-17(26)11(28-18(14)23)6-12(24)27-2/h3-6,8,13H,20H2,1-2H3,(H,21,25). The zero-order valence-corrected chi connectivity index (χ0v) is 15.7. The molecule has 0 saturated carbocycles. The zero-order valence-electron chi connectivity index (χ0n) is 14.9. The van der Waals surface area contributed by atoms with Crippen LogP contribution in [0.5, 0.6) is 0 Å². The number of nitrogens with zero attached hydrogens (tertiary/aromatic N) is 3. The Morgan fingerprint density at radius 3 is 2.82 bits per heavy atom. The normalized spacial score (nSPS) is 16.4. The number of thiazole rings is 1. The number of nitrogens with one attached hydrogen (secondary N) is 1. The van der Waals surface area contributed by atoms with E-state index >= 15 is 0 Å². The van der Waals surface area contributed by atoms with Crippen molar-refractivity contribution in [3.63, 3.8) is 0 Å². The third-order valence-corrected chi connectivity index (χ3v) is 5.32. The summed E-state index contributed by atoms with van der Waals surface area (Å²) >= 11 is 0.924. The van der Waals surface area contributed by atoms with Crippen LogP contribution < -0.4 is 25.8 Å². The van der Waals surface area contributed by atoms with Gasteiger partial charge in [0.1, 0.15) is 15.0 Å². The van der Waals surface area contributed by atoms with Crippen molar-refractivity contribution in [1.82, 2.24) is 14.9 Å². The number of carbonyl (C=O) groups excluding carboxylic acids is 2. The summed E-state index contributed by atoms with van der Waals surface area (Å²) in [5, 5.41) is 12.3. The van der Waals surface area contributed by atoms with Crippen molar-refractivity contribution in [1.29, 1.82) is 5.26 Å². The second-order valence-corrected chi connectivity index (χ2v) is 6.73. The van der Waals surface area contributed by atoms with Gasteiger partial charge in [-0.1, -0.05) is 6.07 Å². The van der Waals surface area contributed by atoms with Crippen LogP contribution in [0.25, 0.3) is 17.5 Å². The Balaban J connectivity index is 2.49. The van der Waals surface area contributed by atoms with E-state index < -0.39 is 23.4 Å². The Hall–Kier alpha value is -3.71. The third-order valence-electron chi connectivity index (χ3n) is 4.21. The van der Waals surface area contributed by atoms with Gasteiger partial charge in [0.15, 0.2) is 0 Å². The average molecular weight is 397 g/mol. The van der Waals surface area contributed by atoms with Gasteiger partial charge in [-0.2, -0.15) is 5.26 Å². The van der Waals surface area contributed by atoms with Crippen LogP contribution in [-0.4, -0.2) is 35.6 Å². The summed E-state index contributed by atoms with van der Waals surface area (Å²) in [4.78, 5) is 41.2. The van der Waals surface area contributed by atoms with Crippen molar-refractivity contribution in [3.8, 4) is 6.07 Å². The van der Waals surface area contributed by atoms with Gasteiger partial charge in [0, 0.05) is 25.5 Å². The molecule has 2 aromatic rings. The van der Waals surface area contributed by atoms with Gasteiger partial charge in [-0.25, -0.2) is 4.79 Å². The van der Waals surface area contributed by atoms with E-state index in [1.165, 1.54) is 20.4 Å². The Morgan fingerprint density at radius 1 is 1.50 bits per heavy atom. The molecule has 28 heavy (non-hydrogen) atoms. The molecule has 3 rings (SSSR count). The Kier molecular flexibility index (Phi) is 5.10. The molecule has 0 radical (unpaired) electrons. The molecule has 1 atom stereocenters. The second-order valence-electron chi connectivity index (χ2n) is 5.70. The first-order valence-corrected chi connectivity index (χ1v) is 8.84. The van der Waals surface area contributed by atoms with Crippen LogP contribution in [0.1, 0.15) is 11.5 Å². The van der Waals surface area contributed by atoms with E-state index in [-0.39, 0.29) is 26.2 Å². The number of methoxy groups -OCH3 is 1. The molecule has 1 amide bonds. The fourth-order valence-corrected chi connectivity index (χ4v) is 4.08. The number of ether oxygens (including phenoxy) is 1. The third kappa shape index (κ3) is 2.97. The molecule has 142 valence electrons. The van der Waals surface area contributed by atoms with Gasteiger partial charge in [0.05, 0.1) is 30.2 Å². The predicted molar refractivity (Wildman–Crippen MR) is 102 cm³/mol. The van der Waals surface area contributed by atoms with E-state index in [0.717, 1.165) is 22.0 Å². The molecule has 10 heteroatoms. The average Bonchev–Trinajstić information content (AvgIpc) is 3.03. The number of allylic oxidation sites excluding steroid dienone is 1. The molecule has 0 spiro atoms. The van der Waals surface area contributed by atoms with Crippen LogP contribution in [0, 0.1) is 11.3 Å². The summed E-state index contributed by atoms with van der Waals surface area (Å²) in [5.41, 5.74) is 6.33. The predicted octanol–water partition coefficient (Wildman–Crippen LogP) is -1.40. The molecule has 0 aromatic carbocycles. The molecular formula is C18H15N5O4S. The lowest BCUT2D eigenvalue weighted by atomic mass is 9.84. The molecule has 9 nitrogen and oxygen atoms in total. The van der Waals surface area contributed by atoms with Crippen molar-refractivity contribution < 1.29 is 14.3 Å². The monoisotopic (exact) mass is 397 g/mol. The van der Waals surface area contributed by atoms with Crippen LogP contribution in [-0.2, 0) is 14.3 Å². The number of esters is 1. The highest BCUT2D eigenvalue weighted by molar-refractivity contribution is 7.07. The summed E-state index contributed by atoms with van der Waals surface area (Å²) in [7, 11) is 2.63. The highest BCUT2D eigenvalue weighted by Gasteiger charge is 2.35. The highest BCUT2D eigenvalue weighted by Crippen LogP contribution is 2.35. The Bertz CT molecular complexity index is 1220. The lowest BCUT2D eigenvalue weighted by Gasteiger charge is -2.24. The summed E-state index contributed by atoms with van der Waals surface area (Å²) in [6.45, 7) is 0. The van der Waals surface area contributed by atoms with Gasteiger partial charge in [0.2, 0.25) is 0 Å². The van der Waals surface area contributed by atoms with E-state index in [9.17, 15) is 19.6 Å². The number of nitrogens with two attached hydrogens (primary N) is 1. The SMILES string of the molecule is CNC(=O)C1=c2sc(=CC(=O)OC)c(=O)n2C(N)=C(C#N)C1c1cccnc1. The summed E-state index contributed by atoms with van der Waals surface area (Å²) in [6, 6.07) is 5.40. The first-order valence-electron chi connectivity index (χ1n) is 8.02. The molecule has 1 aliphatic rings. The van der Waals surface area contributed by atoms with Crippen LogP contribution >= 0.6 is 11.3 Å². The fraction of sp³-hybridized carbons (Fsp3) is 0.167. The number of rotatable bonds is 3. The number of hydrogen-bond donors (Lipinski definition) is 2. The molecule has 0 aliphatic carbocycles. The number of hydrogen-bond acceptors (Lipinski definition) is 8. The van der Waals surface area contributed by atoms with Gasteiger partial charge in [0.25, 0.3) is 11.5 Å². The molecule has 0 fully saturated rings. The number of carbonyl (C=O) groups is 2. The number of aromatic nitrogens is 2. The molecule has 0 saturated heterocycles. The van der Waals surface area contributed by atoms with Crippen LogP contribution in [0.2, 0.25) is 0 Å². The number of pyridine rings is 1. The van der Waals surface area contributed by atoms with Crippen molar-refractivity contribution in [2.75, 3.05) is 14.2 Å². The lowest BCUT2D eigenvalue weighted by molar-refractivity contribution is -0.133. The van der Waals surface area contributed by atoms with Gasteiger partial charge < -0.3 is 15.8 Å². The first-order chi connectivity index (χ1) is 13.4. The van der Waals surface area contributed by atoms with Gasteiger partial charge >= 0.3 is 5.97 Å². The van der Waals surface area contributed by atoms with Crippen molar-refractivity contribution in [3.05, 3.63) is 55.2 Å². The minimum Gasteiger partial charge on any atom is -0.466 e.